The number of rotatable bonds is 1. The zero-order valence-electron chi connectivity index (χ0n) is 11.2. The molecule has 0 radical (unpaired) electrons. The van der Waals surface area contributed by atoms with Gasteiger partial charge in [-0.3, -0.25) is 12.7 Å². The van der Waals surface area contributed by atoms with Crippen LogP contribution in [0.15, 0.2) is 34.9 Å². The molecule has 0 fully saturated rings. The van der Waals surface area contributed by atoms with Crippen LogP contribution >= 0.6 is 0 Å². The van der Waals surface area contributed by atoms with Crippen molar-refractivity contribution in [2.45, 2.75) is 41.5 Å². The standard InChI is InChI=1S/C10H15.C5H7.Cr/c1-7-6-10(4,5)9(3)8(7)2;1-3-5-4-2;/h1-5H3;1,3-5H,2H3;/q2*-1;+2. The largest absolute Gasteiger partial charge is 2.00 e. The summed E-state index contributed by atoms with van der Waals surface area (Å²) >= 11 is 0. The van der Waals surface area contributed by atoms with Gasteiger partial charge < -0.3 is 0 Å². The van der Waals surface area contributed by atoms with Gasteiger partial charge in [0.25, 0.3) is 0 Å². The van der Waals surface area contributed by atoms with Gasteiger partial charge in [-0.05, 0) is 0 Å². The third kappa shape index (κ3) is 5.01. The molecule has 0 atom stereocenters. The van der Waals surface area contributed by atoms with Gasteiger partial charge in [0.2, 0.25) is 0 Å². The summed E-state index contributed by atoms with van der Waals surface area (Å²) in [4.78, 5) is 0. The van der Waals surface area contributed by atoms with Crippen LogP contribution in [0.5, 0.6) is 0 Å². The molecule has 88 valence electrons. The summed E-state index contributed by atoms with van der Waals surface area (Å²) in [5, 5.41) is 0. The number of hydrogen-bond acceptors (Lipinski definition) is 0. The summed E-state index contributed by atoms with van der Waals surface area (Å²) in [5.74, 6) is 0. The van der Waals surface area contributed by atoms with E-state index in [1.54, 1.807) is 6.08 Å². The molecule has 0 amide bonds. The third-order valence-corrected chi connectivity index (χ3v) is 2.87. The molecule has 0 spiro atoms. The van der Waals surface area contributed by atoms with Crippen molar-refractivity contribution >= 4 is 0 Å². The molecular formula is C15H22Cr. The van der Waals surface area contributed by atoms with Crippen LogP contribution in [-0.2, 0) is 17.4 Å². The van der Waals surface area contributed by atoms with Gasteiger partial charge >= 0.3 is 17.4 Å². The average Bonchev–Trinajstić information content (AvgIpc) is 2.32. The Labute approximate surface area is 112 Å². The molecule has 0 N–H and O–H groups in total. The molecule has 16 heavy (non-hydrogen) atoms. The van der Waals surface area contributed by atoms with Crippen molar-refractivity contribution in [2.24, 2.45) is 5.41 Å². The minimum atomic E-state index is 0. The predicted molar refractivity (Wildman–Crippen MR) is 68.3 cm³/mol. The average molecular weight is 254 g/mol. The van der Waals surface area contributed by atoms with Gasteiger partial charge in [0.05, 0.1) is 0 Å². The van der Waals surface area contributed by atoms with Gasteiger partial charge in [0.1, 0.15) is 0 Å². The van der Waals surface area contributed by atoms with Crippen LogP contribution in [0, 0.1) is 18.1 Å². The summed E-state index contributed by atoms with van der Waals surface area (Å²) in [6.07, 6.45) is 8.59. The van der Waals surface area contributed by atoms with Gasteiger partial charge in [0.15, 0.2) is 0 Å². The molecular weight excluding hydrogens is 232 g/mol. The molecule has 1 aliphatic carbocycles. The van der Waals surface area contributed by atoms with Crippen molar-refractivity contribution < 1.29 is 17.4 Å². The first kappa shape index (κ1) is 17.9. The molecule has 0 aromatic carbocycles. The van der Waals surface area contributed by atoms with Crippen molar-refractivity contribution in [1.82, 2.24) is 0 Å². The molecule has 0 unspecified atom stereocenters. The summed E-state index contributed by atoms with van der Waals surface area (Å²) in [6, 6.07) is 0. The van der Waals surface area contributed by atoms with E-state index in [2.05, 4.69) is 40.7 Å². The van der Waals surface area contributed by atoms with Crippen molar-refractivity contribution in [3.63, 3.8) is 0 Å². The Morgan fingerprint density at radius 1 is 1.19 bits per heavy atom. The summed E-state index contributed by atoms with van der Waals surface area (Å²) in [6.45, 7) is 17.8. The Balaban J connectivity index is 0. The van der Waals surface area contributed by atoms with Crippen LogP contribution in [-0.4, -0.2) is 0 Å². The van der Waals surface area contributed by atoms with E-state index in [0.29, 0.717) is 0 Å². The SMILES string of the molecule is CC1=[C-]C(C)(C)C(C)=C1C.[CH-]=CC=CC.[Cr+2]. The first-order chi connectivity index (χ1) is 6.86. The Kier molecular flexibility index (Phi) is 8.62. The van der Waals surface area contributed by atoms with E-state index in [1.807, 2.05) is 13.0 Å². The molecule has 1 heteroatoms. The van der Waals surface area contributed by atoms with Crippen LogP contribution in [0.4, 0.5) is 0 Å². The Morgan fingerprint density at radius 2 is 1.69 bits per heavy atom. The second kappa shape index (κ2) is 7.71. The zero-order valence-corrected chi connectivity index (χ0v) is 12.5. The summed E-state index contributed by atoms with van der Waals surface area (Å²) < 4.78 is 0. The third-order valence-electron chi connectivity index (χ3n) is 2.87. The van der Waals surface area contributed by atoms with Gasteiger partial charge in [-0.1, -0.05) is 40.0 Å². The first-order valence-corrected chi connectivity index (χ1v) is 5.33. The Hall–Kier alpha value is -0.508. The minimum Gasteiger partial charge on any atom is -0.293 e. The van der Waals surface area contributed by atoms with E-state index in [1.165, 1.54) is 22.8 Å². The maximum Gasteiger partial charge on any atom is 2.00 e. The monoisotopic (exact) mass is 254 g/mol. The summed E-state index contributed by atoms with van der Waals surface area (Å²) in [5.41, 5.74) is 4.39. The molecule has 0 aromatic heterocycles. The van der Waals surface area contributed by atoms with Crippen LogP contribution in [0.2, 0.25) is 0 Å². The Morgan fingerprint density at radius 3 is 1.75 bits per heavy atom. The molecule has 0 saturated heterocycles. The number of hydrogen-bond donors (Lipinski definition) is 0. The van der Waals surface area contributed by atoms with Crippen molar-refractivity contribution in [2.75, 3.05) is 0 Å². The molecule has 0 aromatic rings. The van der Waals surface area contributed by atoms with E-state index in [4.69, 9.17) is 6.58 Å². The Bertz CT molecular complexity index is 314. The molecule has 0 heterocycles. The van der Waals surface area contributed by atoms with Crippen molar-refractivity contribution in [3.8, 4) is 0 Å². The molecule has 0 nitrogen and oxygen atoms in total. The smallest absolute Gasteiger partial charge is 0.293 e. The fourth-order valence-electron chi connectivity index (χ4n) is 1.52. The van der Waals surface area contributed by atoms with Crippen LogP contribution < -0.4 is 0 Å². The second-order valence-electron chi connectivity index (χ2n) is 4.34. The van der Waals surface area contributed by atoms with Gasteiger partial charge in [-0.2, -0.15) is 17.2 Å². The quantitative estimate of drug-likeness (QED) is 0.471. The van der Waals surface area contributed by atoms with E-state index in [0.717, 1.165) is 0 Å². The molecule has 0 aliphatic heterocycles. The predicted octanol–water partition coefficient (Wildman–Crippen LogP) is 4.66. The van der Waals surface area contributed by atoms with E-state index >= 15 is 0 Å². The maximum absolute atomic E-state index is 4.93. The molecule has 0 bridgehead atoms. The molecule has 1 rings (SSSR count). The minimum absolute atomic E-state index is 0. The van der Waals surface area contributed by atoms with E-state index < -0.39 is 0 Å². The van der Waals surface area contributed by atoms with E-state index in [-0.39, 0.29) is 22.8 Å². The topological polar surface area (TPSA) is 0 Å². The number of allylic oxidation sites excluding steroid dienone is 7. The van der Waals surface area contributed by atoms with Gasteiger partial charge in [-0.15, -0.1) is 6.92 Å². The van der Waals surface area contributed by atoms with Gasteiger partial charge in [0, 0.05) is 0 Å². The fourth-order valence-corrected chi connectivity index (χ4v) is 1.52. The molecule has 0 saturated carbocycles. The van der Waals surface area contributed by atoms with Crippen LogP contribution in [0.3, 0.4) is 0 Å². The van der Waals surface area contributed by atoms with Crippen molar-refractivity contribution in [3.05, 3.63) is 47.6 Å². The maximum atomic E-state index is 4.93. The summed E-state index contributed by atoms with van der Waals surface area (Å²) in [7, 11) is 0. The fraction of sp³-hybridized carbons (Fsp3) is 0.467. The second-order valence-corrected chi connectivity index (χ2v) is 4.34. The van der Waals surface area contributed by atoms with E-state index in [9.17, 15) is 0 Å². The van der Waals surface area contributed by atoms with Crippen LogP contribution in [0.1, 0.15) is 41.5 Å². The zero-order chi connectivity index (χ0) is 12.1. The normalized spacial score (nSPS) is 17.5. The van der Waals surface area contributed by atoms with Crippen LogP contribution in [0.25, 0.3) is 0 Å². The molecule has 1 aliphatic rings. The first-order valence-electron chi connectivity index (χ1n) is 5.33. The van der Waals surface area contributed by atoms with Crippen molar-refractivity contribution in [1.29, 1.82) is 0 Å². The van der Waals surface area contributed by atoms with Gasteiger partial charge in [-0.25, -0.2) is 17.7 Å².